The van der Waals surface area contributed by atoms with Crippen molar-refractivity contribution in [3.05, 3.63) is 23.8 Å². The summed E-state index contributed by atoms with van der Waals surface area (Å²) in [6, 6.07) is 4.75. The molecule has 0 radical (unpaired) electrons. The Hall–Kier alpha value is -0.710. The largest absolute Gasteiger partial charge is 0.508 e. The van der Waals surface area contributed by atoms with Gasteiger partial charge in [-0.05, 0) is 12.1 Å². The van der Waals surface area contributed by atoms with Gasteiger partial charge >= 0.3 is 0 Å². The molecule has 0 aliphatic rings. The van der Waals surface area contributed by atoms with Crippen molar-refractivity contribution in [1.82, 2.24) is 0 Å². The van der Waals surface area contributed by atoms with E-state index in [0.29, 0.717) is 17.0 Å². The minimum absolute atomic E-state index is 0.153. The molecule has 1 aromatic rings. The Morgan fingerprint density at radius 3 is 2.67 bits per heavy atom. The van der Waals surface area contributed by atoms with E-state index in [-0.39, 0.29) is 11.8 Å². The van der Waals surface area contributed by atoms with Crippen LogP contribution in [0.5, 0.6) is 5.75 Å². The molecule has 3 nitrogen and oxygen atoms in total. The first-order chi connectivity index (χ1) is 5.65. The van der Waals surface area contributed by atoms with E-state index >= 15 is 0 Å². The third-order valence-corrected chi connectivity index (χ3v) is 1.95. The van der Waals surface area contributed by atoms with E-state index in [0.717, 1.165) is 0 Å². The highest BCUT2D eigenvalue weighted by atomic mass is 32.1. The topological polar surface area (TPSA) is 72.3 Å². The molecule has 1 aromatic carbocycles. The van der Waals surface area contributed by atoms with E-state index in [1.54, 1.807) is 18.2 Å². The zero-order valence-corrected chi connectivity index (χ0v) is 7.46. The molecule has 1 rings (SSSR count). The highest BCUT2D eigenvalue weighted by Crippen LogP contribution is 2.24. The second-order valence-electron chi connectivity index (χ2n) is 2.59. The maximum atomic E-state index is 9.41. The van der Waals surface area contributed by atoms with Crippen molar-refractivity contribution in [2.45, 2.75) is 10.9 Å². The lowest BCUT2D eigenvalue weighted by Crippen LogP contribution is -2.20. The first-order valence-electron chi connectivity index (χ1n) is 3.62. The maximum Gasteiger partial charge on any atom is 0.121 e. The van der Waals surface area contributed by atoms with Gasteiger partial charge in [0.2, 0.25) is 0 Å². The van der Waals surface area contributed by atoms with Crippen LogP contribution in [0.2, 0.25) is 0 Å². The molecule has 0 unspecified atom stereocenters. The number of benzene rings is 1. The summed E-state index contributed by atoms with van der Waals surface area (Å²) < 4.78 is 0. The number of nitrogens with two attached hydrogens (primary N) is 2. The van der Waals surface area contributed by atoms with Crippen molar-refractivity contribution in [3.63, 3.8) is 0 Å². The molecule has 0 saturated heterocycles. The summed E-state index contributed by atoms with van der Waals surface area (Å²) in [5.41, 5.74) is 11.7. The average molecular weight is 184 g/mol. The van der Waals surface area contributed by atoms with Crippen LogP contribution in [0.25, 0.3) is 0 Å². The zero-order valence-electron chi connectivity index (χ0n) is 6.57. The van der Waals surface area contributed by atoms with Gasteiger partial charge in [0.15, 0.2) is 0 Å². The van der Waals surface area contributed by atoms with Gasteiger partial charge in [-0.15, -0.1) is 12.6 Å². The summed E-state index contributed by atoms with van der Waals surface area (Å²) in [7, 11) is 0. The third kappa shape index (κ3) is 1.91. The van der Waals surface area contributed by atoms with Gasteiger partial charge in [0.05, 0.1) is 0 Å². The number of phenolic OH excluding ortho intramolecular Hbond substituents is 1. The van der Waals surface area contributed by atoms with Crippen molar-refractivity contribution < 1.29 is 5.11 Å². The summed E-state index contributed by atoms with van der Waals surface area (Å²) in [5.74, 6) is 0.153. The van der Waals surface area contributed by atoms with Crippen LogP contribution in [0.15, 0.2) is 23.1 Å². The molecule has 0 heterocycles. The molecular formula is C8H12N2OS. The quantitative estimate of drug-likeness (QED) is 0.510. The van der Waals surface area contributed by atoms with E-state index in [9.17, 15) is 5.11 Å². The second kappa shape index (κ2) is 3.80. The monoisotopic (exact) mass is 184 g/mol. The van der Waals surface area contributed by atoms with Gasteiger partial charge in [0, 0.05) is 23.0 Å². The second-order valence-corrected chi connectivity index (χ2v) is 3.10. The summed E-state index contributed by atoms with van der Waals surface area (Å²) in [5, 5.41) is 9.41. The van der Waals surface area contributed by atoms with E-state index in [1.807, 2.05) is 0 Å². The summed E-state index contributed by atoms with van der Waals surface area (Å²) in [6.07, 6.45) is 0. The molecule has 4 heteroatoms. The van der Waals surface area contributed by atoms with Gasteiger partial charge in [-0.1, -0.05) is 6.07 Å². The van der Waals surface area contributed by atoms with Gasteiger partial charge < -0.3 is 16.6 Å². The van der Waals surface area contributed by atoms with Gasteiger partial charge in [0.25, 0.3) is 0 Å². The molecule has 0 aliphatic heterocycles. The SMILES string of the molecule is NC[C@H](N)c1ccc(S)cc1O. The first-order valence-corrected chi connectivity index (χ1v) is 4.07. The van der Waals surface area contributed by atoms with Crippen LogP contribution in [0.1, 0.15) is 11.6 Å². The van der Waals surface area contributed by atoms with Crippen LogP contribution >= 0.6 is 12.6 Å². The minimum Gasteiger partial charge on any atom is -0.508 e. The van der Waals surface area contributed by atoms with Crippen molar-refractivity contribution in [1.29, 1.82) is 0 Å². The Morgan fingerprint density at radius 1 is 1.50 bits per heavy atom. The first kappa shape index (κ1) is 9.38. The Kier molecular flexibility index (Phi) is 2.97. The van der Waals surface area contributed by atoms with Gasteiger partial charge in [0.1, 0.15) is 5.75 Å². The molecule has 0 amide bonds. The summed E-state index contributed by atoms with van der Waals surface area (Å²) in [4.78, 5) is 0.709. The van der Waals surface area contributed by atoms with Gasteiger partial charge in [-0.3, -0.25) is 0 Å². The fourth-order valence-corrected chi connectivity index (χ4v) is 1.17. The predicted octanol–water partition coefficient (Wildman–Crippen LogP) is 0.639. The van der Waals surface area contributed by atoms with Crippen LogP contribution in [0, 0.1) is 0 Å². The normalized spacial score (nSPS) is 12.9. The maximum absolute atomic E-state index is 9.41. The molecule has 0 fully saturated rings. The Labute approximate surface area is 76.8 Å². The number of hydrogen-bond donors (Lipinski definition) is 4. The Morgan fingerprint density at radius 2 is 2.17 bits per heavy atom. The number of aromatic hydroxyl groups is 1. The van der Waals surface area contributed by atoms with E-state index in [4.69, 9.17) is 11.5 Å². The average Bonchev–Trinajstić information content (AvgIpc) is 2.03. The van der Waals surface area contributed by atoms with Gasteiger partial charge in [-0.25, -0.2) is 0 Å². The third-order valence-electron chi connectivity index (χ3n) is 1.67. The van der Waals surface area contributed by atoms with Crippen molar-refractivity contribution >= 4 is 12.6 Å². The standard InChI is InChI=1S/C8H12N2OS/c9-4-7(10)6-2-1-5(12)3-8(6)11/h1-3,7,11-12H,4,9-10H2/t7-/m0/s1. The molecule has 0 aliphatic carbocycles. The molecule has 12 heavy (non-hydrogen) atoms. The highest BCUT2D eigenvalue weighted by molar-refractivity contribution is 7.80. The Bertz CT molecular complexity index is 278. The molecule has 0 spiro atoms. The zero-order chi connectivity index (χ0) is 9.14. The number of phenols is 1. The number of rotatable bonds is 2. The fourth-order valence-electron chi connectivity index (χ4n) is 0.973. The lowest BCUT2D eigenvalue weighted by Gasteiger charge is -2.10. The minimum atomic E-state index is -0.307. The van der Waals surface area contributed by atoms with Crippen molar-refractivity contribution in [2.75, 3.05) is 6.54 Å². The van der Waals surface area contributed by atoms with Crippen LogP contribution in [0.3, 0.4) is 0 Å². The van der Waals surface area contributed by atoms with E-state index < -0.39 is 0 Å². The number of hydrogen-bond acceptors (Lipinski definition) is 4. The molecule has 0 saturated carbocycles. The smallest absolute Gasteiger partial charge is 0.121 e. The van der Waals surface area contributed by atoms with E-state index in [1.165, 1.54) is 0 Å². The molecule has 1 atom stereocenters. The number of thiol groups is 1. The van der Waals surface area contributed by atoms with E-state index in [2.05, 4.69) is 12.6 Å². The van der Waals surface area contributed by atoms with Crippen LogP contribution in [-0.2, 0) is 0 Å². The lowest BCUT2D eigenvalue weighted by atomic mass is 10.1. The van der Waals surface area contributed by atoms with Crippen molar-refractivity contribution in [3.8, 4) is 5.75 Å². The van der Waals surface area contributed by atoms with Crippen LogP contribution < -0.4 is 11.5 Å². The lowest BCUT2D eigenvalue weighted by molar-refractivity contribution is 0.460. The highest BCUT2D eigenvalue weighted by Gasteiger charge is 2.08. The predicted molar refractivity (Wildman–Crippen MR) is 51.3 cm³/mol. The fraction of sp³-hybridized carbons (Fsp3) is 0.250. The van der Waals surface area contributed by atoms with Crippen molar-refractivity contribution in [2.24, 2.45) is 11.5 Å². The molecular weight excluding hydrogens is 172 g/mol. The summed E-state index contributed by atoms with van der Waals surface area (Å²) in [6.45, 7) is 0.319. The van der Waals surface area contributed by atoms with Crippen LogP contribution in [0.4, 0.5) is 0 Å². The molecule has 0 aromatic heterocycles. The molecule has 0 bridgehead atoms. The summed E-state index contributed by atoms with van der Waals surface area (Å²) >= 11 is 4.07. The molecule has 5 N–H and O–H groups in total. The van der Waals surface area contributed by atoms with Gasteiger partial charge in [-0.2, -0.15) is 0 Å². The Balaban J connectivity index is 3.01. The molecule has 66 valence electrons. The van der Waals surface area contributed by atoms with Crippen LogP contribution in [-0.4, -0.2) is 11.7 Å².